The Kier molecular flexibility index (Phi) is 8.14. The zero-order valence-electron chi connectivity index (χ0n) is 19.2. The van der Waals surface area contributed by atoms with Crippen LogP contribution < -0.4 is 19.8 Å². The van der Waals surface area contributed by atoms with Gasteiger partial charge in [-0.1, -0.05) is 47.6 Å². The lowest BCUT2D eigenvalue weighted by Gasteiger charge is -2.15. The molecule has 3 aromatic rings. The van der Waals surface area contributed by atoms with Crippen molar-refractivity contribution in [3.8, 4) is 17.2 Å². The first-order valence-electron chi connectivity index (χ1n) is 10.8. The number of aromatic amines is 1. The molecular weight excluding hydrogens is 402 g/mol. The van der Waals surface area contributed by atoms with Crippen molar-refractivity contribution < 1.29 is 14.2 Å². The molecule has 5 heteroatoms. The molecule has 0 saturated heterocycles. The summed E-state index contributed by atoms with van der Waals surface area (Å²) < 4.78 is 17.3. The van der Waals surface area contributed by atoms with Gasteiger partial charge in [0.25, 0.3) is 5.56 Å². The second-order valence-corrected chi connectivity index (χ2v) is 7.98. The zero-order chi connectivity index (χ0) is 22.9. The number of aromatic nitrogens is 1. The van der Waals surface area contributed by atoms with Crippen molar-refractivity contribution in [1.29, 1.82) is 0 Å². The minimum atomic E-state index is -0.329. The number of fused-ring (bicyclic) bond motifs is 1. The first-order chi connectivity index (χ1) is 15.5. The Morgan fingerprint density at radius 3 is 2.47 bits per heavy atom. The van der Waals surface area contributed by atoms with E-state index in [0.29, 0.717) is 30.2 Å². The molecule has 0 aliphatic rings. The Morgan fingerprint density at radius 2 is 1.75 bits per heavy atom. The van der Waals surface area contributed by atoms with Gasteiger partial charge in [-0.3, -0.25) is 4.79 Å². The lowest BCUT2D eigenvalue weighted by molar-refractivity contribution is 0.276. The van der Waals surface area contributed by atoms with Crippen molar-refractivity contribution in [1.82, 2.24) is 4.98 Å². The SMILES string of the molecule is COc1ccc2c(OCc3ccccc3)c(OC/C=C(\C)CCC=C(C)C)c(=O)[nH]c2c1. The molecule has 0 saturated carbocycles. The molecule has 0 atom stereocenters. The maximum atomic E-state index is 12.9. The number of H-pyrrole nitrogens is 1. The van der Waals surface area contributed by atoms with Crippen LogP contribution in [-0.4, -0.2) is 18.7 Å². The van der Waals surface area contributed by atoms with Crippen LogP contribution in [0.3, 0.4) is 0 Å². The highest BCUT2D eigenvalue weighted by Crippen LogP contribution is 2.34. The van der Waals surface area contributed by atoms with Gasteiger partial charge in [0.1, 0.15) is 19.0 Å². The summed E-state index contributed by atoms with van der Waals surface area (Å²) in [5.41, 5.74) is 3.85. The predicted molar refractivity (Wildman–Crippen MR) is 130 cm³/mol. The number of ether oxygens (including phenoxy) is 3. The summed E-state index contributed by atoms with van der Waals surface area (Å²) >= 11 is 0. The summed E-state index contributed by atoms with van der Waals surface area (Å²) in [6.45, 7) is 6.90. The Morgan fingerprint density at radius 1 is 0.969 bits per heavy atom. The van der Waals surface area contributed by atoms with E-state index in [9.17, 15) is 4.79 Å². The lowest BCUT2D eigenvalue weighted by Crippen LogP contribution is -2.14. The monoisotopic (exact) mass is 433 g/mol. The Hall–Kier alpha value is -3.47. The third-order valence-corrected chi connectivity index (χ3v) is 5.11. The molecule has 0 radical (unpaired) electrons. The number of hydrogen-bond acceptors (Lipinski definition) is 4. The van der Waals surface area contributed by atoms with Crippen LogP contribution >= 0.6 is 0 Å². The molecule has 1 heterocycles. The second kappa shape index (κ2) is 11.2. The van der Waals surface area contributed by atoms with Gasteiger partial charge < -0.3 is 19.2 Å². The Bertz CT molecular complexity index is 1160. The summed E-state index contributed by atoms with van der Waals surface area (Å²) in [5.74, 6) is 1.28. The highest BCUT2D eigenvalue weighted by Gasteiger charge is 2.16. The first-order valence-corrected chi connectivity index (χ1v) is 10.8. The van der Waals surface area contributed by atoms with Crippen LogP contribution in [0.25, 0.3) is 10.9 Å². The molecule has 0 bridgehead atoms. The van der Waals surface area contributed by atoms with Gasteiger partial charge in [-0.05, 0) is 57.4 Å². The number of nitrogens with one attached hydrogen (secondary N) is 1. The molecule has 0 fully saturated rings. The summed E-state index contributed by atoms with van der Waals surface area (Å²) in [4.78, 5) is 15.7. The van der Waals surface area contributed by atoms with E-state index in [2.05, 4.69) is 31.8 Å². The van der Waals surface area contributed by atoms with E-state index in [1.54, 1.807) is 13.2 Å². The topological polar surface area (TPSA) is 60.6 Å². The van der Waals surface area contributed by atoms with Gasteiger partial charge in [-0.2, -0.15) is 0 Å². The molecule has 2 aromatic carbocycles. The van der Waals surface area contributed by atoms with Crippen LogP contribution in [0.15, 0.2) is 76.6 Å². The smallest absolute Gasteiger partial charge is 0.294 e. The molecule has 1 N–H and O–H groups in total. The van der Waals surface area contributed by atoms with Gasteiger partial charge in [0.15, 0.2) is 5.75 Å². The van der Waals surface area contributed by atoms with E-state index < -0.39 is 0 Å². The number of rotatable bonds is 10. The minimum absolute atomic E-state index is 0.187. The van der Waals surface area contributed by atoms with Crippen molar-refractivity contribution >= 4 is 10.9 Å². The van der Waals surface area contributed by atoms with Crippen LogP contribution in [0.4, 0.5) is 0 Å². The normalized spacial score (nSPS) is 11.3. The number of methoxy groups -OCH3 is 1. The van der Waals surface area contributed by atoms with Gasteiger partial charge in [-0.25, -0.2) is 0 Å². The quantitative estimate of drug-likeness (QED) is 0.388. The van der Waals surface area contributed by atoms with E-state index in [0.717, 1.165) is 23.8 Å². The fourth-order valence-corrected chi connectivity index (χ4v) is 3.32. The van der Waals surface area contributed by atoms with Gasteiger partial charge in [-0.15, -0.1) is 0 Å². The molecule has 3 rings (SSSR count). The number of allylic oxidation sites excluding steroid dienone is 3. The Labute approximate surface area is 189 Å². The van der Waals surface area contributed by atoms with Crippen LogP contribution in [-0.2, 0) is 6.61 Å². The summed E-state index contributed by atoms with van der Waals surface area (Å²) in [7, 11) is 1.59. The maximum absolute atomic E-state index is 12.9. The molecule has 0 spiro atoms. The number of hydrogen-bond donors (Lipinski definition) is 1. The summed E-state index contributed by atoms with van der Waals surface area (Å²) in [6.07, 6.45) is 6.18. The maximum Gasteiger partial charge on any atom is 0.294 e. The van der Waals surface area contributed by atoms with Gasteiger partial charge in [0, 0.05) is 11.5 Å². The Balaban J connectivity index is 1.87. The van der Waals surface area contributed by atoms with Gasteiger partial charge in [0.2, 0.25) is 5.75 Å². The second-order valence-electron chi connectivity index (χ2n) is 7.98. The fourth-order valence-electron chi connectivity index (χ4n) is 3.32. The van der Waals surface area contributed by atoms with Crippen LogP contribution in [0, 0.1) is 0 Å². The molecular formula is C27H31NO4. The highest BCUT2D eigenvalue weighted by molar-refractivity contribution is 5.88. The largest absolute Gasteiger partial charge is 0.497 e. The average molecular weight is 434 g/mol. The fraction of sp³-hybridized carbons (Fsp3) is 0.296. The first kappa shape index (κ1) is 23.2. The molecule has 1 aromatic heterocycles. The molecule has 0 aliphatic heterocycles. The molecule has 168 valence electrons. The van der Waals surface area contributed by atoms with E-state index >= 15 is 0 Å². The zero-order valence-corrected chi connectivity index (χ0v) is 19.2. The summed E-state index contributed by atoms with van der Waals surface area (Å²) in [5, 5.41) is 0.764. The van der Waals surface area contributed by atoms with E-state index in [1.165, 1.54) is 11.1 Å². The van der Waals surface area contributed by atoms with Crippen LogP contribution in [0.5, 0.6) is 17.2 Å². The predicted octanol–water partition coefficient (Wildman–Crippen LogP) is 6.19. The lowest BCUT2D eigenvalue weighted by atomic mass is 10.1. The molecule has 0 aliphatic carbocycles. The molecule has 0 amide bonds. The summed E-state index contributed by atoms with van der Waals surface area (Å²) in [6, 6.07) is 15.3. The minimum Gasteiger partial charge on any atom is -0.497 e. The molecule has 5 nitrogen and oxygen atoms in total. The molecule has 0 unspecified atom stereocenters. The number of benzene rings is 2. The van der Waals surface area contributed by atoms with Crippen molar-refractivity contribution in [2.75, 3.05) is 13.7 Å². The van der Waals surface area contributed by atoms with Crippen molar-refractivity contribution in [2.45, 2.75) is 40.2 Å². The third kappa shape index (κ3) is 6.27. The average Bonchev–Trinajstić information content (AvgIpc) is 2.78. The highest BCUT2D eigenvalue weighted by atomic mass is 16.5. The van der Waals surface area contributed by atoms with Crippen LogP contribution in [0.1, 0.15) is 39.2 Å². The van der Waals surface area contributed by atoms with E-state index in [4.69, 9.17) is 14.2 Å². The van der Waals surface area contributed by atoms with Gasteiger partial charge in [0.05, 0.1) is 12.6 Å². The van der Waals surface area contributed by atoms with E-state index in [-0.39, 0.29) is 11.3 Å². The van der Waals surface area contributed by atoms with Gasteiger partial charge >= 0.3 is 0 Å². The van der Waals surface area contributed by atoms with E-state index in [1.807, 2.05) is 48.5 Å². The third-order valence-electron chi connectivity index (χ3n) is 5.11. The van der Waals surface area contributed by atoms with Crippen LogP contribution in [0.2, 0.25) is 0 Å². The van der Waals surface area contributed by atoms with Crippen molar-refractivity contribution in [3.05, 3.63) is 87.7 Å². The molecule has 32 heavy (non-hydrogen) atoms. The standard InChI is InChI=1S/C27H31NO4/c1-19(2)9-8-10-20(3)15-16-31-26-25(32-18-21-11-6-5-7-12-21)23-14-13-22(30-4)17-24(23)28-27(26)29/h5-7,9,11-15,17H,8,10,16,18H2,1-4H3,(H,28,29)/b20-15+. The van der Waals surface area contributed by atoms with Crippen molar-refractivity contribution in [3.63, 3.8) is 0 Å². The van der Waals surface area contributed by atoms with Crippen molar-refractivity contribution in [2.24, 2.45) is 0 Å². The number of pyridine rings is 1.